The molecule has 1 aromatic heterocycles. The van der Waals surface area contributed by atoms with Crippen molar-refractivity contribution in [2.75, 3.05) is 13.1 Å². The summed E-state index contributed by atoms with van der Waals surface area (Å²) in [5, 5.41) is 4.24. The number of halogens is 1. The van der Waals surface area contributed by atoms with Crippen LogP contribution >= 0.6 is 11.6 Å². The SMILES string of the molecule is Cc1nn(C)c(Cl)c1S(=O)(=O)N1CCCC(C(C)N)C1. The highest BCUT2D eigenvalue weighted by molar-refractivity contribution is 7.89. The maximum absolute atomic E-state index is 12.8. The van der Waals surface area contributed by atoms with E-state index < -0.39 is 10.0 Å². The molecule has 114 valence electrons. The van der Waals surface area contributed by atoms with Crippen molar-refractivity contribution in [3.8, 4) is 0 Å². The summed E-state index contributed by atoms with van der Waals surface area (Å²) in [6.45, 7) is 4.54. The highest BCUT2D eigenvalue weighted by Gasteiger charge is 2.35. The summed E-state index contributed by atoms with van der Waals surface area (Å²) in [6.07, 6.45) is 1.78. The van der Waals surface area contributed by atoms with Crippen LogP contribution in [-0.2, 0) is 17.1 Å². The summed E-state index contributed by atoms with van der Waals surface area (Å²) in [7, 11) is -1.97. The average molecular weight is 321 g/mol. The fraction of sp³-hybridized carbons (Fsp3) is 0.750. The van der Waals surface area contributed by atoms with E-state index >= 15 is 0 Å². The molecule has 0 bridgehead atoms. The van der Waals surface area contributed by atoms with Crippen LogP contribution in [0.25, 0.3) is 0 Å². The van der Waals surface area contributed by atoms with Gasteiger partial charge in [0.1, 0.15) is 10.0 Å². The summed E-state index contributed by atoms with van der Waals surface area (Å²) < 4.78 is 28.4. The minimum atomic E-state index is -3.61. The maximum atomic E-state index is 12.8. The molecule has 2 heterocycles. The van der Waals surface area contributed by atoms with Gasteiger partial charge in [-0.1, -0.05) is 11.6 Å². The van der Waals surface area contributed by atoms with Gasteiger partial charge in [0.15, 0.2) is 0 Å². The van der Waals surface area contributed by atoms with Crippen LogP contribution in [0.4, 0.5) is 0 Å². The zero-order valence-corrected chi connectivity index (χ0v) is 13.6. The van der Waals surface area contributed by atoms with E-state index in [1.807, 2.05) is 6.92 Å². The Kier molecular flexibility index (Phi) is 4.44. The molecule has 0 saturated carbocycles. The summed E-state index contributed by atoms with van der Waals surface area (Å²) in [4.78, 5) is 0.118. The number of nitrogens with zero attached hydrogens (tertiary/aromatic N) is 3. The van der Waals surface area contributed by atoms with Crippen molar-refractivity contribution >= 4 is 21.6 Å². The summed E-state index contributed by atoms with van der Waals surface area (Å²) in [6, 6.07) is -0.0153. The smallest absolute Gasteiger partial charge is 0.248 e. The second-order valence-corrected chi connectivity index (χ2v) is 7.69. The molecule has 2 unspecified atom stereocenters. The number of nitrogens with two attached hydrogens (primary N) is 1. The zero-order valence-electron chi connectivity index (χ0n) is 12.0. The normalized spacial score (nSPS) is 22.9. The molecule has 2 N–H and O–H groups in total. The lowest BCUT2D eigenvalue weighted by Crippen LogP contribution is -2.45. The van der Waals surface area contributed by atoms with Gasteiger partial charge in [-0.2, -0.15) is 9.40 Å². The molecule has 2 rings (SSSR count). The molecule has 1 aliphatic heterocycles. The predicted molar refractivity (Wildman–Crippen MR) is 78.1 cm³/mol. The first-order valence-electron chi connectivity index (χ1n) is 6.70. The van der Waals surface area contributed by atoms with Gasteiger partial charge < -0.3 is 5.73 Å². The van der Waals surface area contributed by atoms with Crippen LogP contribution in [0, 0.1) is 12.8 Å². The number of sulfonamides is 1. The second kappa shape index (κ2) is 5.63. The number of rotatable bonds is 3. The van der Waals surface area contributed by atoms with E-state index in [1.165, 1.54) is 8.99 Å². The number of aryl methyl sites for hydroxylation is 2. The Morgan fingerprint density at radius 2 is 2.15 bits per heavy atom. The topological polar surface area (TPSA) is 81.2 Å². The molecule has 0 spiro atoms. The van der Waals surface area contributed by atoms with E-state index in [4.69, 9.17) is 17.3 Å². The second-order valence-electron chi connectivity index (χ2n) is 5.45. The fourth-order valence-corrected chi connectivity index (χ4v) is 4.90. The first-order valence-corrected chi connectivity index (χ1v) is 8.51. The Bertz CT molecular complexity index is 597. The van der Waals surface area contributed by atoms with E-state index in [9.17, 15) is 8.42 Å². The van der Waals surface area contributed by atoms with Crippen LogP contribution in [0.5, 0.6) is 0 Å². The Balaban J connectivity index is 2.35. The molecular weight excluding hydrogens is 300 g/mol. The summed E-state index contributed by atoms with van der Waals surface area (Å²) in [5.74, 6) is 0.189. The van der Waals surface area contributed by atoms with Gasteiger partial charge in [-0.15, -0.1) is 0 Å². The predicted octanol–water partition coefficient (Wildman–Crippen LogP) is 1.13. The largest absolute Gasteiger partial charge is 0.328 e. The van der Waals surface area contributed by atoms with Crippen LogP contribution in [0.3, 0.4) is 0 Å². The molecule has 6 nitrogen and oxygen atoms in total. The molecule has 1 aromatic rings. The molecule has 0 radical (unpaired) electrons. The zero-order chi connectivity index (χ0) is 15.1. The van der Waals surface area contributed by atoms with Gasteiger partial charge in [0.25, 0.3) is 0 Å². The number of aromatic nitrogens is 2. The highest BCUT2D eigenvalue weighted by atomic mass is 35.5. The van der Waals surface area contributed by atoms with Gasteiger partial charge in [0.2, 0.25) is 10.0 Å². The van der Waals surface area contributed by atoms with Gasteiger partial charge in [-0.25, -0.2) is 8.42 Å². The number of hydrogen-bond donors (Lipinski definition) is 1. The van der Waals surface area contributed by atoms with Crippen molar-refractivity contribution in [1.29, 1.82) is 0 Å². The third-order valence-electron chi connectivity index (χ3n) is 3.86. The molecular formula is C12H21ClN4O2S. The average Bonchev–Trinajstić information content (AvgIpc) is 2.63. The molecule has 1 fully saturated rings. The molecule has 0 aliphatic carbocycles. The van der Waals surface area contributed by atoms with E-state index in [1.54, 1.807) is 14.0 Å². The van der Waals surface area contributed by atoms with Crippen molar-refractivity contribution < 1.29 is 8.42 Å². The van der Waals surface area contributed by atoms with Crippen molar-refractivity contribution in [2.24, 2.45) is 18.7 Å². The number of hydrogen-bond acceptors (Lipinski definition) is 4. The van der Waals surface area contributed by atoms with Crippen LogP contribution in [0.15, 0.2) is 4.90 Å². The van der Waals surface area contributed by atoms with Gasteiger partial charge in [-0.3, -0.25) is 4.68 Å². The minimum absolute atomic E-state index is 0.0153. The van der Waals surface area contributed by atoms with Crippen molar-refractivity contribution in [1.82, 2.24) is 14.1 Å². The van der Waals surface area contributed by atoms with Crippen LogP contribution in [-0.4, -0.2) is 41.6 Å². The van der Waals surface area contributed by atoms with Gasteiger partial charge in [-0.05, 0) is 32.6 Å². The quantitative estimate of drug-likeness (QED) is 0.905. The van der Waals surface area contributed by atoms with Gasteiger partial charge >= 0.3 is 0 Å². The fourth-order valence-electron chi connectivity index (χ4n) is 2.65. The van der Waals surface area contributed by atoms with E-state index in [0.717, 1.165) is 12.8 Å². The Labute approximate surface area is 124 Å². The molecule has 0 amide bonds. The van der Waals surface area contributed by atoms with Crippen LogP contribution in [0.1, 0.15) is 25.5 Å². The molecule has 2 atom stereocenters. The standard InChI is InChI=1S/C12H21ClN4O2S/c1-8(14)10-5-4-6-17(7-10)20(18,19)11-9(2)15-16(3)12(11)13/h8,10H,4-7,14H2,1-3H3. The molecule has 1 aliphatic rings. The molecule has 8 heteroatoms. The molecule has 1 saturated heterocycles. The maximum Gasteiger partial charge on any atom is 0.248 e. The van der Waals surface area contributed by atoms with Crippen molar-refractivity contribution in [2.45, 2.75) is 37.6 Å². The summed E-state index contributed by atoms with van der Waals surface area (Å²) >= 11 is 6.09. The molecule has 0 aromatic carbocycles. The van der Waals surface area contributed by atoms with E-state index in [2.05, 4.69) is 5.10 Å². The van der Waals surface area contributed by atoms with Crippen LogP contribution in [0.2, 0.25) is 5.15 Å². The number of piperidine rings is 1. The lowest BCUT2D eigenvalue weighted by molar-refractivity contribution is 0.243. The van der Waals surface area contributed by atoms with E-state index in [-0.39, 0.29) is 22.0 Å². The Hall–Kier alpha value is -0.630. The van der Waals surface area contributed by atoms with Crippen molar-refractivity contribution in [3.05, 3.63) is 10.8 Å². The van der Waals surface area contributed by atoms with Crippen molar-refractivity contribution in [3.63, 3.8) is 0 Å². The third kappa shape index (κ3) is 2.72. The first kappa shape index (κ1) is 15.8. The summed E-state index contributed by atoms with van der Waals surface area (Å²) in [5.41, 5.74) is 6.34. The lowest BCUT2D eigenvalue weighted by Gasteiger charge is -2.33. The Morgan fingerprint density at radius 1 is 1.50 bits per heavy atom. The lowest BCUT2D eigenvalue weighted by atomic mass is 9.93. The third-order valence-corrected chi connectivity index (χ3v) is 6.42. The van der Waals surface area contributed by atoms with Gasteiger partial charge in [0, 0.05) is 26.2 Å². The van der Waals surface area contributed by atoms with E-state index in [0.29, 0.717) is 18.8 Å². The van der Waals surface area contributed by atoms with Gasteiger partial charge in [0.05, 0.1) is 5.69 Å². The first-order chi connectivity index (χ1) is 9.25. The van der Waals surface area contributed by atoms with Crippen LogP contribution < -0.4 is 5.73 Å². The Morgan fingerprint density at radius 3 is 2.65 bits per heavy atom. The monoisotopic (exact) mass is 320 g/mol. The highest BCUT2D eigenvalue weighted by Crippen LogP contribution is 2.30. The molecule has 20 heavy (non-hydrogen) atoms. The minimum Gasteiger partial charge on any atom is -0.328 e.